The predicted molar refractivity (Wildman–Crippen MR) is 79.2 cm³/mol. The number of hydrogen-bond acceptors (Lipinski definition) is 4. The van der Waals surface area contributed by atoms with Crippen molar-refractivity contribution in [2.45, 2.75) is 17.7 Å². The summed E-state index contributed by atoms with van der Waals surface area (Å²) >= 11 is 0. The van der Waals surface area contributed by atoms with Crippen LogP contribution in [-0.2, 0) is 14.8 Å². The standard InChI is InChI=1S/C12H14N2O4S.C2H4/c13-19(17,18)11-3-1-9(2-4-11)12(16)14-7-5-10(15)6-8-14;1-2/h1-4H,5-8H2,(H2,13,17,18);1-2H2. The molecule has 0 aliphatic carbocycles. The Morgan fingerprint density at radius 2 is 1.57 bits per heavy atom. The minimum atomic E-state index is -3.75. The first kappa shape index (κ1) is 17.1. The predicted octanol–water partition coefficient (Wildman–Crippen LogP) is 0.941. The average molecular weight is 310 g/mol. The van der Waals surface area contributed by atoms with Crippen molar-refractivity contribution < 1.29 is 18.0 Å². The van der Waals surface area contributed by atoms with Gasteiger partial charge in [0.2, 0.25) is 10.0 Å². The summed E-state index contributed by atoms with van der Waals surface area (Å²) < 4.78 is 22.2. The summed E-state index contributed by atoms with van der Waals surface area (Å²) in [6, 6.07) is 5.46. The van der Waals surface area contributed by atoms with E-state index in [4.69, 9.17) is 5.14 Å². The van der Waals surface area contributed by atoms with Crippen LogP contribution in [0.4, 0.5) is 0 Å². The normalized spacial score (nSPS) is 15.1. The fraction of sp³-hybridized carbons (Fsp3) is 0.286. The van der Waals surface area contributed by atoms with Gasteiger partial charge in [0, 0.05) is 31.5 Å². The van der Waals surface area contributed by atoms with Crippen molar-refractivity contribution in [2.24, 2.45) is 5.14 Å². The molecular formula is C14H18N2O4S. The number of likely N-dealkylation sites (tertiary alicyclic amines) is 1. The van der Waals surface area contributed by atoms with Crippen LogP contribution < -0.4 is 5.14 Å². The molecule has 0 saturated carbocycles. The maximum Gasteiger partial charge on any atom is 0.253 e. The molecule has 0 radical (unpaired) electrons. The number of carbonyl (C=O) groups excluding carboxylic acids is 2. The van der Waals surface area contributed by atoms with Crippen LogP contribution in [0.1, 0.15) is 23.2 Å². The van der Waals surface area contributed by atoms with Gasteiger partial charge < -0.3 is 4.90 Å². The Kier molecular flexibility index (Phi) is 5.80. The Balaban J connectivity index is 0.00000106. The second kappa shape index (κ2) is 7.14. The number of benzene rings is 1. The molecule has 0 bridgehead atoms. The summed E-state index contributed by atoms with van der Waals surface area (Å²) in [5.74, 6) is -0.0397. The second-order valence-electron chi connectivity index (χ2n) is 4.40. The largest absolute Gasteiger partial charge is 0.338 e. The van der Waals surface area contributed by atoms with Gasteiger partial charge in [-0.15, -0.1) is 13.2 Å². The molecule has 7 heteroatoms. The second-order valence-corrected chi connectivity index (χ2v) is 5.96. The molecule has 2 rings (SSSR count). The summed E-state index contributed by atoms with van der Waals surface area (Å²) in [5, 5.41) is 4.98. The fourth-order valence-electron chi connectivity index (χ4n) is 1.93. The van der Waals surface area contributed by atoms with Crippen molar-refractivity contribution in [2.75, 3.05) is 13.1 Å². The number of primary sulfonamides is 1. The van der Waals surface area contributed by atoms with Gasteiger partial charge in [0.1, 0.15) is 5.78 Å². The molecule has 1 aliphatic rings. The molecule has 0 atom stereocenters. The zero-order chi connectivity index (χ0) is 16.0. The number of ketones is 1. The van der Waals surface area contributed by atoms with Crippen LogP contribution in [-0.4, -0.2) is 38.1 Å². The van der Waals surface area contributed by atoms with E-state index in [9.17, 15) is 18.0 Å². The van der Waals surface area contributed by atoms with Crippen LogP contribution in [0.25, 0.3) is 0 Å². The number of rotatable bonds is 2. The monoisotopic (exact) mass is 310 g/mol. The van der Waals surface area contributed by atoms with E-state index < -0.39 is 10.0 Å². The number of nitrogens with two attached hydrogens (primary N) is 1. The lowest BCUT2D eigenvalue weighted by atomic mass is 10.1. The maximum absolute atomic E-state index is 12.1. The fourth-order valence-corrected chi connectivity index (χ4v) is 2.44. The van der Waals surface area contributed by atoms with Crippen molar-refractivity contribution in [3.63, 3.8) is 0 Å². The molecule has 1 aliphatic heterocycles. The molecule has 2 N–H and O–H groups in total. The van der Waals surface area contributed by atoms with Crippen LogP contribution in [0, 0.1) is 0 Å². The van der Waals surface area contributed by atoms with Crippen LogP contribution in [0.5, 0.6) is 0 Å². The lowest BCUT2D eigenvalue weighted by Crippen LogP contribution is -2.38. The molecule has 1 fully saturated rings. The number of amides is 1. The number of nitrogens with zero attached hydrogens (tertiary/aromatic N) is 1. The highest BCUT2D eigenvalue weighted by atomic mass is 32.2. The number of sulfonamides is 1. The summed E-state index contributed by atoms with van der Waals surface area (Å²) in [4.78, 5) is 24.8. The Hall–Kier alpha value is -1.99. The maximum atomic E-state index is 12.1. The Morgan fingerprint density at radius 1 is 1.10 bits per heavy atom. The van der Waals surface area contributed by atoms with Gasteiger partial charge in [-0.2, -0.15) is 0 Å². The van der Waals surface area contributed by atoms with Gasteiger partial charge in [0.05, 0.1) is 4.90 Å². The molecule has 1 amide bonds. The van der Waals surface area contributed by atoms with E-state index in [-0.39, 0.29) is 16.6 Å². The third kappa shape index (κ3) is 4.51. The first-order valence-electron chi connectivity index (χ1n) is 6.32. The zero-order valence-electron chi connectivity index (χ0n) is 11.6. The van der Waals surface area contributed by atoms with Crippen molar-refractivity contribution >= 4 is 21.7 Å². The Labute approximate surface area is 124 Å². The Bertz CT molecular complexity index is 613. The third-order valence-electron chi connectivity index (χ3n) is 3.04. The summed E-state index contributed by atoms with van der Waals surface area (Å²) in [6.45, 7) is 6.82. The van der Waals surface area contributed by atoms with Gasteiger partial charge in [-0.1, -0.05) is 0 Å². The molecule has 0 unspecified atom stereocenters. The topological polar surface area (TPSA) is 97.5 Å². The van der Waals surface area contributed by atoms with Crippen molar-refractivity contribution in [1.29, 1.82) is 0 Å². The molecule has 6 nitrogen and oxygen atoms in total. The minimum Gasteiger partial charge on any atom is -0.338 e. The highest BCUT2D eigenvalue weighted by Crippen LogP contribution is 2.13. The molecule has 1 aromatic rings. The van der Waals surface area contributed by atoms with E-state index >= 15 is 0 Å². The highest BCUT2D eigenvalue weighted by Gasteiger charge is 2.22. The van der Waals surface area contributed by atoms with E-state index in [1.54, 1.807) is 4.90 Å². The van der Waals surface area contributed by atoms with Gasteiger partial charge in [0.15, 0.2) is 0 Å². The van der Waals surface area contributed by atoms with Crippen LogP contribution in [0.2, 0.25) is 0 Å². The smallest absolute Gasteiger partial charge is 0.253 e. The molecule has 21 heavy (non-hydrogen) atoms. The molecule has 1 saturated heterocycles. The van der Waals surface area contributed by atoms with E-state index in [1.165, 1.54) is 24.3 Å². The van der Waals surface area contributed by atoms with E-state index in [0.29, 0.717) is 31.5 Å². The highest BCUT2D eigenvalue weighted by molar-refractivity contribution is 7.89. The lowest BCUT2D eigenvalue weighted by Gasteiger charge is -2.26. The van der Waals surface area contributed by atoms with Crippen molar-refractivity contribution in [3.8, 4) is 0 Å². The Morgan fingerprint density at radius 3 is 2.00 bits per heavy atom. The van der Waals surface area contributed by atoms with Gasteiger partial charge in [-0.25, -0.2) is 13.6 Å². The van der Waals surface area contributed by atoms with E-state index in [2.05, 4.69) is 13.2 Å². The molecule has 1 aromatic carbocycles. The number of Topliss-reactive ketones (excluding diaryl/α,β-unsaturated/α-hetero) is 1. The zero-order valence-corrected chi connectivity index (χ0v) is 12.4. The summed E-state index contributed by atoms with van der Waals surface area (Å²) in [6.07, 6.45) is 0.752. The van der Waals surface area contributed by atoms with Crippen LogP contribution in [0.3, 0.4) is 0 Å². The van der Waals surface area contributed by atoms with Crippen LogP contribution >= 0.6 is 0 Å². The third-order valence-corrected chi connectivity index (χ3v) is 3.97. The first-order chi connectivity index (χ1) is 9.88. The van der Waals surface area contributed by atoms with E-state index in [0.717, 1.165) is 0 Å². The molecule has 0 aromatic heterocycles. The first-order valence-corrected chi connectivity index (χ1v) is 7.86. The average Bonchev–Trinajstić information content (AvgIpc) is 2.49. The summed E-state index contributed by atoms with van der Waals surface area (Å²) in [7, 11) is -3.75. The van der Waals surface area contributed by atoms with Crippen LogP contribution in [0.15, 0.2) is 42.3 Å². The van der Waals surface area contributed by atoms with Crippen molar-refractivity contribution in [3.05, 3.63) is 43.0 Å². The molecule has 114 valence electrons. The van der Waals surface area contributed by atoms with Crippen molar-refractivity contribution in [1.82, 2.24) is 4.90 Å². The minimum absolute atomic E-state index is 0.0297. The molecule has 1 heterocycles. The van der Waals surface area contributed by atoms with Gasteiger partial charge in [-0.3, -0.25) is 9.59 Å². The lowest BCUT2D eigenvalue weighted by molar-refractivity contribution is -0.120. The van der Waals surface area contributed by atoms with Gasteiger partial charge in [0.25, 0.3) is 5.91 Å². The molecular weight excluding hydrogens is 292 g/mol. The SMILES string of the molecule is C=C.NS(=O)(=O)c1ccc(C(=O)N2CCC(=O)CC2)cc1. The van der Waals surface area contributed by atoms with Gasteiger partial charge in [-0.05, 0) is 24.3 Å². The molecule has 0 spiro atoms. The van der Waals surface area contributed by atoms with Gasteiger partial charge >= 0.3 is 0 Å². The number of carbonyl (C=O) groups is 2. The number of hydrogen-bond donors (Lipinski definition) is 1. The number of piperidine rings is 1. The summed E-state index contributed by atoms with van der Waals surface area (Å²) in [5.41, 5.74) is 0.391. The van der Waals surface area contributed by atoms with E-state index in [1.807, 2.05) is 0 Å². The quantitative estimate of drug-likeness (QED) is 0.822.